The van der Waals surface area contributed by atoms with E-state index in [1.165, 1.54) is 6.07 Å². The highest BCUT2D eigenvalue weighted by molar-refractivity contribution is 6.30. The number of nitrogens with zero attached hydrogens (tertiary/aromatic N) is 1. The van der Waals surface area contributed by atoms with Gasteiger partial charge >= 0.3 is 0 Å². The van der Waals surface area contributed by atoms with Crippen molar-refractivity contribution in [2.75, 3.05) is 19.6 Å². The average Bonchev–Trinajstić information content (AvgIpc) is 2.35. The van der Waals surface area contributed by atoms with Crippen LogP contribution in [0.1, 0.15) is 25.3 Å². The van der Waals surface area contributed by atoms with Crippen LogP contribution in [0.25, 0.3) is 0 Å². The van der Waals surface area contributed by atoms with Crippen LogP contribution in [-0.4, -0.2) is 30.6 Å². The minimum absolute atomic E-state index is 0.198. The number of piperazine rings is 1. The second kappa shape index (κ2) is 6.50. The van der Waals surface area contributed by atoms with Crippen molar-refractivity contribution in [3.05, 3.63) is 34.6 Å². The minimum atomic E-state index is -0.198. The zero-order valence-electron chi connectivity index (χ0n) is 10.8. The average molecular weight is 271 g/mol. The Balaban J connectivity index is 2.06. The van der Waals surface area contributed by atoms with E-state index in [1.54, 1.807) is 12.1 Å². The molecule has 0 aromatic heterocycles. The molecule has 1 heterocycles. The first-order chi connectivity index (χ1) is 8.70. The van der Waals surface area contributed by atoms with Crippen molar-refractivity contribution in [3.63, 3.8) is 0 Å². The molecule has 1 unspecified atom stereocenters. The quantitative estimate of drug-likeness (QED) is 0.905. The van der Waals surface area contributed by atoms with Gasteiger partial charge in [0.25, 0.3) is 0 Å². The molecule has 0 spiro atoms. The summed E-state index contributed by atoms with van der Waals surface area (Å²) in [4.78, 5) is 2.37. The molecule has 100 valence electrons. The molecule has 18 heavy (non-hydrogen) atoms. The van der Waals surface area contributed by atoms with Crippen LogP contribution >= 0.6 is 11.6 Å². The predicted octanol–water partition coefficient (Wildman–Crippen LogP) is 3.05. The molecule has 0 amide bonds. The monoisotopic (exact) mass is 270 g/mol. The van der Waals surface area contributed by atoms with Crippen LogP contribution in [-0.2, 0) is 6.54 Å². The van der Waals surface area contributed by atoms with Gasteiger partial charge in [-0.05, 0) is 18.6 Å². The van der Waals surface area contributed by atoms with E-state index in [4.69, 9.17) is 11.6 Å². The molecule has 2 rings (SSSR count). The number of halogens is 2. The summed E-state index contributed by atoms with van der Waals surface area (Å²) in [5.74, 6) is -0.198. The third-order valence-electron chi connectivity index (χ3n) is 3.48. The fourth-order valence-corrected chi connectivity index (χ4v) is 2.66. The Hall–Kier alpha value is -0.640. The zero-order valence-corrected chi connectivity index (χ0v) is 11.5. The third-order valence-corrected chi connectivity index (χ3v) is 3.72. The van der Waals surface area contributed by atoms with Crippen LogP contribution in [0.3, 0.4) is 0 Å². The lowest BCUT2D eigenvalue weighted by molar-refractivity contribution is 0.143. The second-order valence-corrected chi connectivity index (χ2v) is 5.29. The summed E-state index contributed by atoms with van der Waals surface area (Å²) in [7, 11) is 0. The maximum Gasteiger partial charge on any atom is 0.129 e. The van der Waals surface area contributed by atoms with Gasteiger partial charge in [-0.1, -0.05) is 31.0 Å². The highest BCUT2D eigenvalue weighted by Crippen LogP contribution is 2.19. The molecule has 1 saturated heterocycles. The maximum absolute atomic E-state index is 13.8. The van der Waals surface area contributed by atoms with Crippen LogP contribution in [0.2, 0.25) is 5.02 Å². The highest BCUT2D eigenvalue weighted by Gasteiger charge is 2.22. The Morgan fingerprint density at radius 2 is 2.33 bits per heavy atom. The SMILES string of the molecule is CCCC1CNCCN1Cc1ccc(Cl)cc1F. The van der Waals surface area contributed by atoms with Gasteiger partial charge in [0.1, 0.15) is 5.82 Å². The van der Waals surface area contributed by atoms with Gasteiger partial charge in [0.15, 0.2) is 0 Å². The van der Waals surface area contributed by atoms with Gasteiger partial charge in [0, 0.05) is 42.8 Å². The Bertz CT molecular complexity index is 395. The van der Waals surface area contributed by atoms with E-state index in [9.17, 15) is 4.39 Å². The molecular weight excluding hydrogens is 251 g/mol. The lowest BCUT2D eigenvalue weighted by atomic mass is 10.1. The fraction of sp³-hybridized carbons (Fsp3) is 0.571. The number of rotatable bonds is 4. The lowest BCUT2D eigenvalue weighted by Crippen LogP contribution is -2.50. The molecule has 1 atom stereocenters. The summed E-state index contributed by atoms with van der Waals surface area (Å²) in [6.45, 7) is 5.83. The van der Waals surface area contributed by atoms with Crippen molar-refractivity contribution in [1.82, 2.24) is 10.2 Å². The van der Waals surface area contributed by atoms with Gasteiger partial charge in [0.05, 0.1) is 0 Å². The van der Waals surface area contributed by atoms with E-state index in [2.05, 4.69) is 17.1 Å². The number of benzene rings is 1. The Labute approximate surface area is 113 Å². The Kier molecular flexibility index (Phi) is 4.98. The van der Waals surface area contributed by atoms with E-state index in [1.807, 2.05) is 0 Å². The maximum atomic E-state index is 13.8. The smallest absolute Gasteiger partial charge is 0.129 e. The van der Waals surface area contributed by atoms with E-state index < -0.39 is 0 Å². The van der Waals surface area contributed by atoms with Crippen molar-refractivity contribution in [3.8, 4) is 0 Å². The molecule has 1 aliphatic heterocycles. The normalized spacial score (nSPS) is 21.2. The first-order valence-electron chi connectivity index (χ1n) is 6.59. The van der Waals surface area contributed by atoms with Gasteiger partial charge in [0.2, 0.25) is 0 Å². The predicted molar refractivity (Wildman–Crippen MR) is 73.4 cm³/mol. The van der Waals surface area contributed by atoms with E-state index in [0.717, 1.165) is 38.0 Å². The molecule has 1 N–H and O–H groups in total. The largest absolute Gasteiger partial charge is 0.314 e. The molecule has 1 fully saturated rings. The summed E-state index contributed by atoms with van der Waals surface area (Å²) in [5.41, 5.74) is 0.738. The van der Waals surface area contributed by atoms with Gasteiger partial charge in [-0.2, -0.15) is 0 Å². The fourth-order valence-electron chi connectivity index (χ4n) is 2.50. The Morgan fingerprint density at radius 1 is 1.50 bits per heavy atom. The molecular formula is C14H20ClFN2. The van der Waals surface area contributed by atoms with Crippen molar-refractivity contribution >= 4 is 11.6 Å². The zero-order chi connectivity index (χ0) is 13.0. The number of nitrogens with one attached hydrogen (secondary N) is 1. The van der Waals surface area contributed by atoms with Crippen molar-refractivity contribution in [2.45, 2.75) is 32.4 Å². The lowest BCUT2D eigenvalue weighted by Gasteiger charge is -2.36. The first kappa shape index (κ1) is 13.8. The summed E-state index contributed by atoms with van der Waals surface area (Å²) in [6, 6.07) is 5.46. The molecule has 0 aliphatic carbocycles. The molecule has 1 aliphatic rings. The standard InChI is InChI=1S/C14H20ClFN2/c1-2-3-13-9-17-6-7-18(13)10-11-4-5-12(15)8-14(11)16/h4-5,8,13,17H,2-3,6-7,9-10H2,1H3. The second-order valence-electron chi connectivity index (χ2n) is 4.85. The van der Waals surface area contributed by atoms with Crippen LogP contribution < -0.4 is 5.32 Å². The van der Waals surface area contributed by atoms with Crippen LogP contribution in [0.4, 0.5) is 4.39 Å². The molecule has 1 aromatic rings. The summed E-state index contributed by atoms with van der Waals surface area (Å²) >= 11 is 5.77. The van der Waals surface area contributed by atoms with Gasteiger partial charge in [-0.25, -0.2) is 4.39 Å². The molecule has 0 saturated carbocycles. The molecule has 0 bridgehead atoms. The summed E-state index contributed by atoms with van der Waals surface area (Å²) in [5, 5.41) is 3.86. The highest BCUT2D eigenvalue weighted by atomic mass is 35.5. The molecule has 4 heteroatoms. The van der Waals surface area contributed by atoms with Crippen molar-refractivity contribution in [2.24, 2.45) is 0 Å². The van der Waals surface area contributed by atoms with E-state index in [-0.39, 0.29) is 5.82 Å². The number of hydrogen-bond acceptors (Lipinski definition) is 2. The number of hydrogen-bond donors (Lipinski definition) is 1. The molecule has 2 nitrogen and oxygen atoms in total. The summed E-state index contributed by atoms with van der Waals surface area (Å²) in [6.07, 6.45) is 2.31. The Morgan fingerprint density at radius 3 is 3.06 bits per heavy atom. The van der Waals surface area contributed by atoms with Crippen LogP contribution in [0.5, 0.6) is 0 Å². The van der Waals surface area contributed by atoms with Gasteiger partial charge in [-0.3, -0.25) is 4.90 Å². The van der Waals surface area contributed by atoms with Gasteiger partial charge in [-0.15, -0.1) is 0 Å². The third kappa shape index (κ3) is 3.44. The van der Waals surface area contributed by atoms with Crippen LogP contribution in [0, 0.1) is 5.82 Å². The van der Waals surface area contributed by atoms with Crippen molar-refractivity contribution < 1.29 is 4.39 Å². The first-order valence-corrected chi connectivity index (χ1v) is 6.97. The van der Waals surface area contributed by atoms with E-state index >= 15 is 0 Å². The summed E-state index contributed by atoms with van der Waals surface area (Å²) < 4.78 is 13.8. The molecule has 1 aromatic carbocycles. The topological polar surface area (TPSA) is 15.3 Å². The van der Waals surface area contributed by atoms with E-state index in [0.29, 0.717) is 17.6 Å². The van der Waals surface area contributed by atoms with Gasteiger partial charge < -0.3 is 5.32 Å². The molecule has 0 radical (unpaired) electrons. The van der Waals surface area contributed by atoms with Crippen LogP contribution in [0.15, 0.2) is 18.2 Å². The minimum Gasteiger partial charge on any atom is -0.314 e. The van der Waals surface area contributed by atoms with Crippen molar-refractivity contribution in [1.29, 1.82) is 0 Å².